The number of rotatable bonds is 4. The van der Waals surface area contributed by atoms with Gasteiger partial charge in [0.1, 0.15) is 6.04 Å². The van der Waals surface area contributed by atoms with Crippen LogP contribution < -0.4 is 5.32 Å². The maximum absolute atomic E-state index is 11.7. The van der Waals surface area contributed by atoms with Gasteiger partial charge >= 0.3 is 0 Å². The molecule has 0 saturated carbocycles. The first-order valence-corrected chi connectivity index (χ1v) is 7.05. The van der Waals surface area contributed by atoms with Gasteiger partial charge in [-0.15, -0.1) is 0 Å². The van der Waals surface area contributed by atoms with Gasteiger partial charge in [0.2, 0.25) is 11.8 Å². The number of nitrogens with zero attached hydrogens (tertiary/aromatic N) is 1. The van der Waals surface area contributed by atoms with Crippen molar-refractivity contribution in [1.29, 1.82) is 0 Å². The summed E-state index contributed by atoms with van der Waals surface area (Å²) in [5, 5.41) is 2.54. The van der Waals surface area contributed by atoms with Gasteiger partial charge in [-0.05, 0) is 20.3 Å². The van der Waals surface area contributed by atoms with Crippen LogP contribution in [0, 0.1) is 0 Å². The van der Waals surface area contributed by atoms with Crippen LogP contribution in [0.4, 0.5) is 0 Å². The summed E-state index contributed by atoms with van der Waals surface area (Å²) in [5.74, 6) is 0.366. The van der Waals surface area contributed by atoms with Crippen molar-refractivity contribution in [2.24, 2.45) is 0 Å². The van der Waals surface area contributed by atoms with Crippen molar-refractivity contribution in [3.63, 3.8) is 0 Å². The molecule has 1 fully saturated rings. The van der Waals surface area contributed by atoms with Crippen molar-refractivity contribution in [3.05, 3.63) is 0 Å². The summed E-state index contributed by atoms with van der Waals surface area (Å²) < 4.78 is 11.0. The average molecular weight is 246 g/mol. The van der Waals surface area contributed by atoms with Crippen LogP contribution in [0.25, 0.3) is 0 Å². The number of hydrogen-bond donors (Lipinski definition) is 1. The maximum Gasteiger partial charge on any atom is 0.242 e. The minimum Gasteiger partial charge on any atom is -0.345 e. The fourth-order valence-electron chi connectivity index (χ4n) is 1.85. The van der Waals surface area contributed by atoms with E-state index in [1.54, 1.807) is 18.1 Å². The predicted octanol–water partition coefficient (Wildman–Crippen LogP) is -0.510. The van der Waals surface area contributed by atoms with Crippen LogP contribution in [-0.2, 0) is 20.4 Å². The zero-order valence-electron chi connectivity index (χ0n) is 9.86. The Hall–Kier alpha value is -0.910. The maximum atomic E-state index is 11.7. The van der Waals surface area contributed by atoms with E-state index in [0.29, 0.717) is 12.2 Å². The molecule has 5 nitrogen and oxygen atoms in total. The van der Waals surface area contributed by atoms with E-state index >= 15 is 0 Å². The molecular weight excluding hydrogens is 228 g/mol. The summed E-state index contributed by atoms with van der Waals surface area (Å²) in [6.07, 6.45) is 2.30. The second-order valence-corrected chi connectivity index (χ2v) is 5.66. The number of carbonyl (C=O) groups excluding carboxylic acids is 2. The fourth-order valence-corrected chi connectivity index (χ4v) is 2.52. The van der Waals surface area contributed by atoms with Gasteiger partial charge in [-0.2, -0.15) is 0 Å². The summed E-state index contributed by atoms with van der Waals surface area (Å²) >= 11 is 0. The second kappa shape index (κ2) is 5.43. The third-order valence-corrected chi connectivity index (χ3v) is 3.61. The van der Waals surface area contributed by atoms with Gasteiger partial charge in [-0.3, -0.25) is 13.8 Å². The first-order valence-electron chi connectivity index (χ1n) is 5.32. The Morgan fingerprint density at radius 2 is 2.19 bits per heavy atom. The Balaban J connectivity index is 2.64. The summed E-state index contributed by atoms with van der Waals surface area (Å²) in [4.78, 5) is 24.7. The van der Waals surface area contributed by atoms with Crippen molar-refractivity contribution in [1.82, 2.24) is 10.2 Å². The quantitative estimate of drug-likeness (QED) is 0.726. The summed E-state index contributed by atoms with van der Waals surface area (Å²) in [5.41, 5.74) is 0. The smallest absolute Gasteiger partial charge is 0.242 e. The number of amides is 2. The number of hydrogen-bond acceptors (Lipinski definition) is 3. The molecule has 2 amide bonds. The van der Waals surface area contributed by atoms with E-state index in [2.05, 4.69) is 5.32 Å². The third kappa shape index (κ3) is 3.04. The topological polar surface area (TPSA) is 66.5 Å². The van der Waals surface area contributed by atoms with E-state index in [4.69, 9.17) is 0 Å². The predicted molar refractivity (Wildman–Crippen MR) is 62.3 cm³/mol. The molecule has 0 radical (unpaired) electrons. The highest BCUT2D eigenvalue weighted by atomic mass is 32.2. The van der Waals surface area contributed by atoms with Gasteiger partial charge in [-0.25, -0.2) is 0 Å². The molecule has 0 bridgehead atoms. The average Bonchev–Trinajstić information content (AvgIpc) is 2.21. The minimum absolute atomic E-state index is 0.0440. The molecule has 0 spiro atoms. The summed E-state index contributed by atoms with van der Waals surface area (Å²) in [6, 6.07) is -0.473. The van der Waals surface area contributed by atoms with Crippen molar-refractivity contribution in [3.8, 4) is 0 Å². The molecule has 0 aromatic heterocycles. The van der Waals surface area contributed by atoms with Crippen molar-refractivity contribution >= 4 is 22.6 Å². The van der Waals surface area contributed by atoms with E-state index < -0.39 is 16.8 Å². The Bertz CT molecular complexity index is 319. The molecule has 3 unspecified atom stereocenters. The van der Waals surface area contributed by atoms with Crippen LogP contribution in [0.3, 0.4) is 0 Å². The molecule has 16 heavy (non-hydrogen) atoms. The molecule has 0 aromatic rings. The van der Waals surface area contributed by atoms with Crippen LogP contribution in [-0.4, -0.2) is 51.6 Å². The Morgan fingerprint density at radius 1 is 1.56 bits per heavy atom. The van der Waals surface area contributed by atoms with Gasteiger partial charge in [0, 0.05) is 28.9 Å². The first-order chi connectivity index (χ1) is 7.43. The lowest BCUT2D eigenvalue weighted by molar-refractivity contribution is -0.147. The van der Waals surface area contributed by atoms with Crippen LogP contribution in [0.2, 0.25) is 0 Å². The van der Waals surface area contributed by atoms with Crippen LogP contribution in [0.15, 0.2) is 0 Å². The van der Waals surface area contributed by atoms with Gasteiger partial charge in [0.05, 0.1) is 6.54 Å². The molecule has 0 aliphatic carbocycles. The molecular formula is C10H18N2O3S. The van der Waals surface area contributed by atoms with Gasteiger partial charge in [0.15, 0.2) is 0 Å². The lowest BCUT2D eigenvalue weighted by Gasteiger charge is -2.37. The molecule has 3 atom stereocenters. The van der Waals surface area contributed by atoms with Crippen LogP contribution >= 0.6 is 0 Å². The van der Waals surface area contributed by atoms with Gasteiger partial charge < -0.3 is 10.2 Å². The van der Waals surface area contributed by atoms with E-state index in [1.165, 1.54) is 0 Å². The molecule has 1 rings (SSSR count). The minimum atomic E-state index is -0.860. The second-order valence-electron chi connectivity index (χ2n) is 4.11. The van der Waals surface area contributed by atoms with E-state index in [-0.39, 0.29) is 24.4 Å². The zero-order valence-corrected chi connectivity index (χ0v) is 10.7. The molecule has 1 aliphatic heterocycles. The molecule has 1 saturated heterocycles. The molecule has 1 heterocycles. The number of piperazine rings is 1. The van der Waals surface area contributed by atoms with Gasteiger partial charge in [0.25, 0.3) is 0 Å². The standard InChI is InChI=1S/C10H18N2O3S/c1-7(4-5-16(3)15)12-8(2)10(14)11-6-9(12)13/h7-8H,4-6H2,1-3H3,(H,11,14). The van der Waals surface area contributed by atoms with E-state index in [0.717, 1.165) is 0 Å². The molecule has 0 aromatic carbocycles. The SMILES string of the molecule is CC(CCS(C)=O)N1C(=O)CNC(=O)C1C. The lowest BCUT2D eigenvalue weighted by atomic mass is 10.1. The highest BCUT2D eigenvalue weighted by molar-refractivity contribution is 7.84. The highest BCUT2D eigenvalue weighted by Crippen LogP contribution is 2.13. The molecule has 1 N–H and O–H groups in total. The Labute approximate surface area is 98.0 Å². The summed E-state index contributed by atoms with van der Waals surface area (Å²) in [7, 11) is -0.860. The molecule has 1 aliphatic rings. The normalized spacial score (nSPS) is 25.2. The summed E-state index contributed by atoms with van der Waals surface area (Å²) in [6.45, 7) is 3.67. The largest absolute Gasteiger partial charge is 0.345 e. The van der Waals surface area contributed by atoms with E-state index in [1.807, 2.05) is 6.92 Å². The third-order valence-electron chi connectivity index (χ3n) is 2.80. The lowest BCUT2D eigenvalue weighted by Crippen LogP contribution is -2.59. The fraction of sp³-hybridized carbons (Fsp3) is 0.800. The van der Waals surface area contributed by atoms with Crippen molar-refractivity contribution in [2.45, 2.75) is 32.4 Å². The Kier molecular flexibility index (Phi) is 4.46. The molecule has 6 heteroatoms. The van der Waals surface area contributed by atoms with Gasteiger partial charge in [-0.1, -0.05) is 0 Å². The highest BCUT2D eigenvalue weighted by Gasteiger charge is 2.33. The number of nitrogens with one attached hydrogen (secondary N) is 1. The zero-order chi connectivity index (χ0) is 12.3. The van der Waals surface area contributed by atoms with Crippen LogP contribution in [0.5, 0.6) is 0 Å². The van der Waals surface area contributed by atoms with Crippen molar-refractivity contribution < 1.29 is 13.8 Å². The first kappa shape index (κ1) is 13.2. The number of carbonyl (C=O) groups is 2. The van der Waals surface area contributed by atoms with E-state index in [9.17, 15) is 13.8 Å². The van der Waals surface area contributed by atoms with Crippen molar-refractivity contribution in [2.75, 3.05) is 18.6 Å². The monoisotopic (exact) mass is 246 g/mol. The molecule has 92 valence electrons. The Morgan fingerprint density at radius 3 is 2.75 bits per heavy atom. The van der Waals surface area contributed by atoms with Crippen LogP contribution in [0.1, 0.15) is 20.3 Å².